The zero-order chi connectivity index (χ0) is 14.0. The summed E-state index contributed by atoms with van der Waals surface area (Å²) in [7, 11) is -0.584. The molecule has 3 N–H and O–H groups in total. The summed E-state index contributed by atoms with van der Waals surface area (Å²) in [6.07, 6.45) is 3.12. The van der Waals surface area contributed by atoms with Crippen LogP contribution in [0.2, 0.25) is 0 Å². The van der Waals surface area contributed by atoms with Crippen LogP contribution in [0.1, 0.15) is 0 Å². The van der Waals surface area contributed by atoms with Crippen molar-refractivity contribution in [1.82, 2.24) is 14.5 Å². The standard InChI is InChI=1S/C11H14N4O3S/c1-13-19(16,17)11-5-8(12)3-4-10(11)18-9-6-14-15(2)7-9/h3-7,13H,12H2,1-2H3. The van der Waals surface area contributed by atoms with Gasteiger partial charge < -0.3 is 10.5 Å². The van der Waals surface area contributed by atoms with Crippen molar-refractivity contribution in [2.24, 2.45) is 7.05 Å². The minimum Gasteiger partial charge on any atom is -0.453 e. The lowest BCUT2D eigenvalue weighted by Crippen LogP contribution is -2.19. The van der Waals surface area contributed by atoms with Crippen LogP contribution in [0.25, 0.3) is 0 Å². The van der Waals surface area contributed by atoms with Gasteiger partial charge in [0.05, 0.1) is 12.4 Å². The van der Waals surface area contributed by atoms with Gasteiger partial charge in [0.2, 0.25) is 10.0 Å². The average molecular weight is 282 g/mol. The van der Waals surface area contributed by atoms with E-state index in [1.165, 1.54) is 25.4 Å². The number of hydrogen-bond donors (Lipinski definition) is 2. The largest absolute Gasteiger partial charge is 0.453 e. The molecule has 0 aliphatic heterocycles. The van der Waals surface area contributed by atoms with Gasteiger partial charge in [-0.15, -0.1) is 0 Å². The van der Waals surface area contributed by atoms with Gasteiger partial charge in [-0.3, -0.25) is 4.68 Å². The maximum absolute atomic E-state index is 11.9. The zero-order valence-corrected chi connectivity index (χ0v) is 11.3. The van der Waals surface area contributed by atoms with E-state index in [0.29, 0.717) is 11.4 Å². The monoisotopic (exact) mass is 282 g/mol. The molecule has 0 spiro atoms. The number of anilines is 1. The Kier molecular flexibility index (Phi) is 3.45. The molecule has 1 aromatic carbocycles. The van der Waals surface area contributed by atoms with Gasteiger partial charge >= 0.3 is 0 Å². The minimum absolute atomic E-state index is 0.0150. The third-order valence-corrected chi connectivity index (χ3v) is 3.87. The third kappa shape index (κ3) is 2.85. The van der Waals surface area contributed by atoms with Crippen molar-refractivity contribution in [3.8, 4) is 11.5 Å². The molecule has 0 saturated carbocycles. The molecule has 0 bridgehead atoms. The molecule has 0 atom stereocenters. The summed E-state index contributed by atoms with van der Waals surface area (Å²) in [5.74, 6) is 0.636. The first-order chi connectivity index (χ1) is 8.92. The van der Waals surface area contributed by atoms with Gasteiger partial charge in [0.15, 0.2) is 5.75 Å². The molecule has 7 nitrogen and oxygen atoms in total. The molecule has 0 aliphatic rings. The summed E-state index contributed by atoms with van der Waals surface area (Å²) in [5.41, 5.74) is 5.95. The molecule has 102 valence electrons. The van der Waals surface area contributed by atoms with Crippen molar-refractivity contribution < 1.29 is 13.2 Å². The SMILES string of the molecule is CNS(=O)(=O)c1cc(N)ccc1Oc1cnn(C)c1. The molecule has 0 unspecified atom stereocenters. The topological polar surface area (TPSA) is 99.2 Å². The fourth-order valence-corrected chi connectivity index (χ4v) is 2.39. The van der Waals surface area contributed by atoms with Gasteiger partial charge in [0.25, 0.3) is 0 Å². The molecule has 1 aromatic heterocycles. The van der Waals surface area contributed by atoms with Crippen molar-refractivity contribution in [2.45, 2.75) is 4.90 Å². The fourth-order valence-electron chi connectivity index (χ4n) is 1.51. The second-order valence-corrected chi connectivity index (χ2v) is 5.72. The third-order valence-electron chi connectivity index (χ3n) is 2.44. The fraction of sp³-hybridized carbons (Fsp3) is 0.182. The van der Waals surface area contributed by atoms with E-state index in [4.69, 9.17) is 10.5 Å². The molecule has 0 aliphatic carbocycles. The number of rotatable bonds is 4. The lowest BCUT2D eigenvalue weighted by atomic mass is 10.3. The van der Waals surface area contributed by atoms with E-state index < -0.39 is 10.0 Å². The summed E-state index contributed by atoms with van der Waals surface area (Å²) in [6, 6.07) is 4.42. The summed E-state index contributed by atoms with van der Waals surface area (Å²) in [5, 5.41) is 3.94. The maximum atomic E-state index is 11.9. The van der Waals surface area contributed by atoms with Crippen LogP contribution in [0.5, 0.6) is 11.5 Å². The number of aryl methyl sites for hydroxylation is 1. The molecular weight excluding hydrogens is 268 g/mol. The van der Waals surface area contributed by atoms with Crippen molar-refractivity contribution in [3.63, 3.8) is 0 Å². The smallest absolute Gasteiger partial charge is 0.244 e. The quantitative estimate of drug-likeness (QED) is 0.804. The highest BCUT2D eigenvalue weighted by molar-refractivity contribution is 7.89. The van der Waals surface area contributed by atoms with Gasteiger partial charge in [0.1, 0.15) is 10.6 Å². The number of nitrogens with two attached hydrogens (primary N) is 1. The van der Waals surface area contributed by atoms with Crippen LogP contribution in [-0.2, 0) is 17.1 Å². The number of nitrogens with zero attached hydrogens (tertiary/aromatic N) is 2. The van der Waals surface area contributed by atoms with Gasteiger partial charge in [-0.1, -0.05) is 0 Å². The van der Waals surface area contributed by atoms with Gasteiger partial charge in [-0.05, 0) is 25.2 Å². The molecule has 2 aromatic rings. The van der Waals surface area contributed by atoms with Gasteiger partial charge in [-0.25, -0.2) is 13.1 Å². The Bertz CT molecular complexity index is 694. The van der Waals surface area contributed by atoms with Crippen molar-refractivity contribution in [1.29, 1.82) is 0 Å². The average Bonchev–Trinajstić information content (AvgIpc) is 2.77. The lowest BCUT2D eigenvalue weighted by molar-refractivity contribution is 0.466. The molecule has 0 fully saturated rings. The summed E-state index contributed by atoms with van der Waals surface area (Å²) in [6.45, 7) is 0. The number of sulfonamides is 1. The first-order valence-corrected chi connectivity index (χ1v) is 6.90. The van der Waals surface area contributed by atoms with Crippen LogP contribution in [0.4, 0.5) is 5.69 Å². The highest BCUT2D eigenvalue weighted by atomic mass is 32.2. The Morgan fingerprint density at radius 1 is 1.42 bits per heavy atom. The van der Waals surface area contributed by atoms with Gasteiger partial charge in [-0.2, -0.15) is 5.10 Å². The highest BCUT2D eigenvalue weighted by Gasteiger charge is 2.19. The molecule has 2 rings (SSSR count). The number of nitrogen functional groups attached to an aromatic ring is 1. The summed E-state index contributed by atoms with van der Waals surface area (Å²) in [4.78, 5) is -0.0150. The number of hydrogen-bond acceptors (Lipinski definition) is 5. The Balaban J connectivity index is 2.46. The van der Waals surface area contributed by atoms with Crippen molar-refractivity contribution >= 4 is 15.7 Å². The predicted octanol–water partition coefficient (Wildman–Crippen LogP) is 0.703. The van der Waals surface area contributed by atoms with Crippen LogP contribution >= 0.6 is 0 Å². The Morgan fingerprint density at radius 3 is 2.74 bits per heavy atom. The maximum Gasteiger partial charge on any atom is 0.244 e. The van der Waals surface area contributed by atoms with Crippen LogP contribution in [0.3, 0.4) is 0 Å². The molecule has 0 amide bonds. The normalized spacial score (nSPS) is 11.5. The Morgan fingerprint density at radius 2 is 2.16 bits per heavy atom. The van der Waals surface area contributed by atoms with E-state index in [-0.39, 0.29) is 10.6 Å². The van der Waals surface area contributed by atoms with Crippen LogP contribution in [0, 0.1) is 0 Å². The van der Waals surface area contributed by atoms with Crippen molar-refractivity contribution in [2.75, 3.05) is 12.8 Å². The Labute approximate surface area is 111 Å². The molecular formula is C11H14N4O3S. The molecule has 1 heterocycles. The minimum atomic E-state index is -3.65. The van der Waals surface area contributed by atoms with Crippen molar-refractivity contribution in [3.05, 3.63) is 30.6 Å². The summed E-state index contributed by atoms with van der Waals surface area (Å²) >= 11 is 0. The van der Waals surface area contributed by atoms with E-state index in [9.17, 15) is 8.42 Å². The molecule has 0 radical (unpaired) electrons. The number of benzene rings is 1. The predicted molar refractivity (Wildman–Crippen MR) is 70.4 cm³/mol. The number of nitrogens with one attached hydrogen (secondary N) is 1. The van der Waals surface area contributed by atoms with E-state index >= 15 is 0 Å². The first kappa shape index (κ1) is 13.4. The van der Waals surface area contributed by atoms with E-state index in [2.05, 4.69) is 9.82 Å². The van der Waals surface area contributed by atoms with Crippen LogP contribution in [0.15, 0.2) is 35.5 Å². The summed E-state index contributed by atoms with van der Waals surface area (Å²) < 4.78 is 33.1. The van der Waals surface area contributed by atoms with E-state index in [1.54, 1.807) is 24.0 Å². The number of aromatic nitrogens is 2. The molecule has 19 heavy (non-hydrogen) atoms. The number of ether oxygens (including phenoxy) is 1. The van der Waals surface area contributed by atoms with Gasteiger partial charge in [0, 0.05) is 12.7 Å². The highest BCUT2D eigenvalue weighted by Crippen LogP contribution is 2.30. The first-order valence-electron chi connectivity index (χ1n) is 5.42. The second-order valence-electron chi connectivity index (χ2n) is 3.87. The van der Waals surface area contributed by atoms with Crippen LogP contribution in [-0.4, -0.2) is 25.2 Å². The van der Waals surface area contributed by atoms with E-state index in [1.807, 2.05) is 0 Å². The zero-order valence-electron chi connectivity index (χ0n) is 10.5. The molecule has 0 saturated heterocycles. The second kappa shape index (κ2) is 4.90. The van der Waals surface area contributed by atoms with E-state index in [0.717, 1.165) is 0 Å². The lowest BCUT2D eigenvalue weighted by Gasteiger charge is -2.10. The van der Waals surface area contributed by atoms with Crippen LogP contribution < -0.4 is 15.2 Å². The Hall–Kier alpha value is -2.06. The molecule has 8 heteroatoms.